The Labute approximate surface area is 99.7 Å². The van der Waals surface area contributed by atoms with Crippen LogP contribution in [-0.2, 0) is 11.2 Å². The van der Waals surface area contributed by atoms with Crippen LogP contribution in [-0.4, -0.2) is 26.0 Å². The number of carboxylic acids is 1. The van der Waals surface area contributed by atoms with E-state index in [4.69, 9.17) is 5.11 Å². The molecule has 0 amide bonds. The van der Waals surface area contributed by atoms with Gasteiger partial charge in [0.2, 0.25) is 0 Å². The highest BCUT2D eigenvalue weighted by molar-refractivity contribution is 9.10. The number of hydrogen-bond donors (Lipinski definition) is 2. The first kappa shape index (κ1) is 10.8. The van der Waals surface area contributed by atoms with Gasteiger partial charge < -0.3 is 10.1 Å². The lowest BCUT2D eigenvalue weighted by Gasteiger charge is -1.93. The van der Waals surface area contributed by atoms with Gasteiger partial charge in [-0.15, -0.1) is 0 Å². The first-order valence-electron chi connectivity index (χ1n) is 4.54. The van der Waals surface area contributed by atoms with Crippen LogP contribution in [0, 0.1) is 0 Å². The molecule has 2 heterocycles. The Bertz CT molecular complexity index is 510. The number of nitrogens with one attached hydrogen (secondary N) is 1. The molecule has 0 bridgehead atoms. The minimum Gasteiger partial charge on any atom is -0.481 e. The molecule has 0 aliphatic heterocycles. The first-order valence-corrected chi connectivity index (χ1v) is 5.33. The summed E-state index contributed by atoms with van der Waals surface area (Å²) in [6.45, 7) is 0. The highest BCUT2D eigenvalue weighted by Gasteiger charge is 2.12. The molecule has 0 aliphatic carbocycles. The molecule has 0 fully saturated rings. The number of aromatic amines is 1. The van der Waals surface area contributed by atoms with Gasteiger partial charge in [-0.25, -0.2) is 4.98 Å². The second-order valence-electron chi connectivity index (χ2n) is 3.14. The number of hydrogen-bond acceptors (Lipinski definition) is 3. The van der Waals surface area contributed by atoms with Crippen LogP contribution < -0.4 is 0 Å². The number of aliphatic carboxylic acids is 1. The van der Waals surface area contributed by atoms with E-state index < -0.39 is 5.97 Å². The molecule has 0 atom stereocenters. The quantitative estimate of drug-likeness (QED) is 0.900. The number of rotatable bonds is 3. The van der Waals surface area contributed by atoms with Gasteiger partial charge >= 0.3 is 5.97 Å². The molecular weight excluding hydrogens is 274 g/mol. The fraction of sp³-hybridized carbons (Fsp3) is 0.100. The molecule has 2 aromatic heterocycles. The molecular formula is C10H8BrN3O2. The van der Waals surface area contributed by atoms with Gasteiger partial charge in [-0.3, -0.25) is 9.78 Å². The molecule has 0 radical (unpaired) electrons. The summed E-state index contributed by atoms with van der Waals surface area (Å²) in [4.78, 5) is 21.8. The van der Waals surface area contributed by atoms with Crippen molar-refractivity contribution in [3.8, 4) is 11.5 Å². The van der Waals surface area contributed by atoms with Gasteiger partial charge in [0, 0.05) is 6.20 Å². The lowest BCUT2D eigenvalue weighted by Crippen LogP contribution is -2.00. The van der Waals surface area contributed by atoms with Crippen LogP contribution in [0.1, 0.15) is 5.69 Å². The number of pyridine rings is 1. The second kappa shape index (κ2) is 4.44. The molecule has 16 heavy (non-hydrogen) atoms. The Morgan fingerprint density at radius 2 is 2.31 bits per heavy atom. The molecule has 2 aromatic rings. The Morgan fingerprint density at radius 1 is 1.50 bits per heavy atom. The summed E-state index contributed by atoms with van der Waals surface area (Å²) in [5.74, 6) is -0.347. The van der Waals surface area contributed by atoms with E-state index in [1.807, 2.05) is 6.07 Å². The van der Waals surface area contributed by atoms with E-state index in [0.717, 1.165) is 0 Å². The lowest BCUT2D eigenvalue weighted by molar-refractivity contribution is -0.136. The smallest absolute Gasteiger partial charge is 0.309 e. The van der Waals surface area contributed by atoms with Crippen LogP contribution in [0.25, 0.3) is 11.5 Å². The van der Waals surface area contributed by atoms with Crippen LogP contribution >= 0.6 is 15.9 Å². The van der Waals surface area contributed by atoms with E-state index in [0.29, 0.717) is 21.8 Å². The van der Waals surface area contributed by atoms with Crippen molar-refractivity contribution in [1.29, 1.82) is 0 Å². The van der Waals surface area contributed by atoms with Crippen LogP contribution in [0.2, 0.25) is 0 Å². The van der Waals surface area contributed by atoms with Crippen molar-refractivity contribution in [3.63, 3.8) is 0 Å². The SMILES string of the molecule is O=C(O)Cc1[nH]c(-c2ccccn2)nc1Br. The van der Waals surface area contributed by atoms with E-state index >= 15 is 0 Å². The van der Waals surface area contributed by atoms with Gasteiger partial charge in [-0.1, -0.05) is 6.07 Å². The van der Waals surface area contributed by atoms with Crippen molar-refractivity contribution in [2.75, 3.05) is 0 Å². The molecule has 6 heteroatoms. The standard InChI is InChI=1S/C10H8BrN3O2/c11-9-7(5-8(15)16)13-10(14-9)6-3-1-2-4-12-6/h1-4H,5H2,(H,13,14)(H,15,16). The molecule has 2 N–H and O–H groups in total. The molecule has 5 nitrogen and oxygen atoms in total. The summed E-state index contributed by atoms with van der Waals surface area (Å²) in [6.07, 6.45) is 1.56. The van der Waals surface area contributed by atoms with Crippen LogP contribution in [0.4, 0.5) is 0 Å². The Balaban J connectivity index is 2.34. The lowest BCUT2D eigenvalue weighted by atomic mass is 10.3. The third-order valence-corrected chi connectivity index (χ3v) is 2.62. The van der Waals surface area contributed by atoms with Crippen molar-refractivity contribution in [2.24, 2.45) is 0 Å². The zero-order valence-corrected chi connectivity index (χ0v) is 9.73. The normalized spacial score (nSPS) is 10.3. The topological polar surface area (TPSA) is 78.9 Å². The third-order valence-electron chi connectivity index (χ3n) is 1.96. The maximum Gasteiger partial charge on any atom is 0.309 e. The van der Waals surface area contributed by atoms with Gasteiger partial charge in [-0.05, 0) is 28.1 Å². The predicted octanol–water partition coefficient (Wildman–Crippen LogP) is 1.86. The Morgan fingerprint density at radius 3 is 2.94 bits per heavy atom. The van der Waals surface area contributed by atoms with Crippen molar-refractivity contribution < 1.29 is 9.90 Å². The molecule has 2 rings (SSSR count). The molecule has 0 aliphatic rings. The highest BCUT2D eigenvalue weighted by Crippen LogP contribution is 2.20. The number of carboxylic acid groups (broad SMARTS) is 1. The van der Waals surface area contributed by atoms with Crippen LogP contribution in [0.15, 0.2) is 29.0 Å². The van der Waals surface area contributed by atoms with E-state index in [-0.39, 0.29) is 6.42 Å². The van der Waals surface area contributed by atoms with E-state index in [9.17, 15) is 4.79 Å². The average molecular weight is 282 g/mol. The van der Waals surface area contributed by atoms with Gasteiger partial charge in [0.1, 0.15) is 10.3 Å². The second-order valence-corrected chi connectivity index (χ2v) is 3.89. The Kier molecular flexibility index (Phi) is 3.00. The zero-order chi connectivity index (χ0) is 11.5. The first-order chi connectivity index (χ1) is 7.66. The summed E-state index contributed by atoms with van der Waals surface area (Å²) in [5.41, 5.74) is 1.22. The maximum atomic E-state index is 10.6. The number of halogens is 1. The van der Waals surface area contributed by atoms with E-state index in [2.05, 4.69) is 30.9 Å². The van der Waals surface area contributed by atoms with E-state index in [1.165, 1.54) is 0 Å². The molecule has 0 saturated carbocycles. The number of aromatic nitrogens is 3. The van der Waals surface area contributed by atoms with Gasteiger partial charge in [0.15, 0.2) is 5.82 Å². The number of nitrogens with zero attached hydrogens (tertiary/aromatic N) is 2. The summed E-state index contributed by atoms with van der Waals surface area (Å²) in [7, 11) is 0. The van der Waals surface area contributed by atoms with Crippen molar-refractivity contribution in [3.05, 3.63) is 34.7 Å². The van der Waals surface area contributed by atoms with Crippen LogP contribution in [0.3, 0.4) is 0 Å². The highest BCUT2D eigenvalue weighted by atomic mass is 79.9. The molecule has 0 spiro atoms. The van der Waals surface area contributed by atoms with Gasteiger partial charge in [-0.2, -0.15) is 0 Å². The summed E-state index contributed by atoms with van der Waals surface area (Å²) >= 11 is 3.21. The Hall–Kier alpha value is -1.69. The molecule has 0 aromatic carbocycles. The largest absolute Gasteiger partial charge is 0.481 e. The molecule has 0 unspecified atom stereocenters. The predicted molar refractivity (Wildman–Crippen MR) is 60.9 cm³/mol. The fourth-order valence-corrected chi connectivity index (χ4v) is 1.70. The molecule has 82 valence electrons. The summed E-state index contributed by atoms with van der Waals surface area (Å²) in [6, 6.07) is 5.45. The average Bonchev–Trinajstić information content (AvgIpc) is 2.61. The number of H-pyrrole nitrogens is 1. The number of imidazole rings is 1. The van der Waals surface area contributed by atoms with Gasteiger partial charge in [0.25, 0.3) is 0 Å². The van der Waals surface area contributed by atoms with Crippen molar-refractivity contribution in [2.45, 2.75) is 6.42 Å². The number of carbonyl (C=O) groups is 1. The third kappa shape index (κ3) is 2.27. The zero-order valence-electron chi connectivity index (χ0n) is 8.14. The summed E-state index contributed by atoms with van der Waals surface area (Å²) < 4.78 is 0.510. The van der Waals surface area contributed by atoms with Crippen molar-refractivity contribution in [1.82, 2.24) is 15.0 Å². The monoisotopic (exact) mass is 281 g/mol. The van der Waals surface area contributed by atoms with Gasteiger partial charge in [0.05, 0.1) is 12.1 Å². The summed E-state index contributed by atoms with van der Waals surface area (Å²) in [5, 5.41) is 8.69. The fourth-order valence-electron chi connectivity index (χ4n) is 1.28. The van der Waals surface area contributed by atoms with Crippen LogP contribution in [0.5, 0.6) is 0 Å². The minimum absolute atomic E-state index is 0.0968. The van der Waals surface area contributed by atoms with E-state index in [1.54, 1.807) is 18.3 Å². The maximum absolute atomic E-state index is 10.6. The minimum atomic E-state index is -0.906. The molecule has 0 saturated heterocycles. The van der Waals surface area contributed by atoms with Crippen molar-refractivity contribution >= 4 is 21.9 Å².